The van der Waals surface area contributed by atoms with Crippen molar-refractivity contribution in [3.05, 3.63) is 29.8 Å². The van der Waals surface area contributed by atoms with E-state index in [1.54, 1.807) is 0 Å². The molecule has 2 N–H and O–H groups in total. The van der Waals surface area contributed by atoms with Gasteiger partial charge in [0.2, 0.25) is 5.91 Å². The SMILES string of the molecule is Cc1ccc(SCC(=O)NC(CCO)C(C)C)cc1. The van der Waals surface area contributed by atoms with Crippen molar-refractivity contribution in [1.82, 2.24) is 5.32 Å². The van der Waals surface area contributed by atoms with Gasteiger partial charge in [-0.15, -0.1) is 11.8 Å². The lowest BCUT2D eigenvalue weighted by Gasteiger charge is -2.21. The van der Waals surface area contributed by atoms with Gasteiger partial charge >= 0.3 is 0 Å². The van der Waals surface area contributed by atoms with Crippen molar-refractivity contribution in [1.29, 1.82) is 0 Å². The van der Waals surface area contributed by atoms with Gasteiger partial charge in [-0.3, -0.25) is 4.79 Å². The Hall–Kier alpha value is -1.00. The van der Waals surface area contributed by atoms with Crippen LogP contribution in [0.4, 0.5) is 0 Å². The summed E-state index contributed by atoms with van der Waals surface area (Å²) >= 11 is 1.53. The van der Waals surface area contributed by atoms with Gasteiger partial charge in [-0.25, -0.2) is 0 Å². The average molecular weight is 281 g/mol. The second-order valence-corrected chi connectivity index (χ2v) is 6.08. The van der Waals surface area contributed by atoms with E-state index in [1.165, 1.54) is 17.3 Å². The van der Waals surface area contributed by atoms with Crippen LogP contribution in [-0.2, 0) is 4.79 Å². The summed E-state index contributed by atoms with van der Waals surface area (Å²) in [4.78, 5) is 13.0. The quantitative estimate of drug-likeness (QED) is 0.755. The first-order chi connectivity index (χ1) is 9.02. The van der Waals surface area contributed by atoms with E-state index in [9.17, 15) is 4.79 Å². The topological polar surface area (TPSA) is 49.3 Å². The molecule has 0 aliphatic heterocycles. The van der Waals surface area contributed by atoms with E-state index in [4.69, 9.17) is 5.11 Å². The number of carbonyl (C=O) groups is 1. The van der Waals surface area contributed by atoms with Crippen LogP contribution in [-0.4, -0.2) is 29.4 Å². The Morgan fingerprint density at radius 3 is 2.47 bits per heavy atom. The summed E-state index contributed by atoms with van der Waals surface area (Å²) in [5.74, 6) is 0.774. The summed E-state index contributed by atoms with van der Waals surface area (Å²) in [7, 11) is 0. The first kappa shape index (κ1) is 16.1. The minimum Gasteiger partial charge on any atom is -0.396 e. The van der Waals surface area contributed by atoms with Crippen LogP contribution in [0, 0.1) is 12.8 Å². The zero-order valence-electron chi connectivity index (χ0n) is 11.8. The smallest absolute Gasteiger partial charge is 0.230 e. The largest absolute Gasteiger partial charge is 0.396 e. The van der Waals surface area contributed by atoms with E-state index in [0.29, 0.717) is 18.1 Å². The predicted octanol–water partition coefficient (Wildman–Crippen LogP) is 2.61. The van der Waals surface area contributed by atoms with Crippen LogP contribution >= 0.6 is 11.8 Å². The molecule has 1 unspecified atom stereocenters. The fourth-order valence-electron chi connectivity index (χ4n) is 1.74. The van der Waals surface area contributed by atoms with Gasteiger partial charge in [-0.05, 0) is 31.4 Å². The van der Waals surface area contributed by atoms with Crippen LogP contribution in [0.5, 0.6) is 0 Å². The number of benzene rings is 1. The molecular formula is C15H23NO2S. The average Bonchev–Trinajstić information content (AvgIpc) is 2.37. The van der Waals surface area contributed by atoms with Crippen molar-refractivity contribution >= 4 is 17.7 Å². The molecule has 1 aromatic carbocycles. The maximum absolute atomic E-state index is 11.9. The highest BCUT2D eigenvalue weighted by molar-refractivity contribution is 8.00. The molecule has 0 aromatic heterocycles. The van der Waals surface area contributed by atoms with E-state index in [2.05, 4.69) is 5.32 Å². The van der Waals surface area contributed by atoms with Crippen molar-refractivity contribution in [3.63, 3.8) is 0 Å². The molecule has 0 saturated carbocycles. The first-order valence-electron chi connectivity index (χ1n) is 6.62. The molecule has 0 aliphatic rings. The number of aliphatic hydroxyl groups is 1. The van der Waals surface area contributed by atoms with E-state index in [-0.39, 0.29) is 18.6 Å². The highest BCUT2D eigenvalue weighted by atomic mass is 32.2. The molecule has 3 nitrogen and oxygen atoms in total. The fraction of sp³-hybridized carbons (Fsp3) is 0.533. The number of hydrogen-bond acceptors (Lipinski definition) is 3. The van der Waals surface area contributed by atoms with Crippen molar-refractivity contribution in [2.45, 2.75) is 38.1 Å². The lowest BCUT2D eigenvalue weighted by molar-refractivity contribution is -0.119. The molecule has 0 heterocycles. The fourth-order valence-corrected chi connectivity index (χ4v) is 2.45. The predicted molar refractivity (Wildman–Crippen MR) is 80.4 cm³/mol. The van der Waals surface area contributed by atoms with Crippen molar-refractivity contribution < 1.29 is 9.90 Å². The Balaban J connectivity index is 2.40. The minimum atomic E-state index is 0.0257. The van der Waals surface area contributed by atoms with Crippen molar-refractivity contribution in [2.75, 3.05) is 12.4 Å². The summed E-state index contributed by atoms with van der Waals surface area (Å²) in [6, 6.07) is 8.20. The second kappa shape index (κ2) is 8.23. The minimum absolute atomic E-state index is 0.0257. The van der Waals surface area contributed by atoms with Gasteiger partial charge in [0.25, 0.3) is 0 Å². The number of aliphatic hydroxyl groups excluding tert-OH is 1. The van der Waals surface area contributed by atoms with Crippen molar-refractivity contribution in [3.8, 4) is 0 Å². The summed E-state index contributed by atoms with van der Waals surface area (Å²) < 4.78 is 0. The number of carbonyl (C=O) groups excluding carboxylic acids is 1. The Morgan fingerprint density at radius 1 is 1.32 bits per heavy atom. The maximum atomic E-state index is 11.9. The molecular weight excluding hydrogens is 258 g/mol. The molecule has 0 bridgehead atoms. The Kier molecular flexibility index (Phi) is 6.95. The molecule has 1 rings (SSSR count). The number of hydrogen-bond donors (Lipinski definition) is 2. The van der Waals surface area contributed by atoms with Gasteiger partial charge < -0.3 is 10.4 Å². The van der Waals surface area contributed by atoms with Gasteiger partial charge in [0.1, 0.15) is 0 Å². The van der Waals surface area contributed by atoms with Crippen LogP contribution in [0.25, 0.3) is 0 Å². The number of rotatable bonds is 7. The number of thioether (sulfide) groups is 1. The third-order valence-corrected chi connectivity index (χ3v) is 3.99. The van der Waals surface area contributed by atoms with Crippen molar-refractivity contribution in [2.24, 2.45) is 5.92 Å². The van der Waals surface area contributed by atoms with Gasteiger partial charge in [-0.1, -0.05) is 31.5 Å². The molecule has 1 atom stereocenters. The highest BCUT2D eigenvalue weighted by Gasteiger charge is 2.15. The molecule has 1 amide bonds. The van der Waals surface area contributed by atoms with E-state index in [1.807, 2.05) is 45.0 Å². The van der Waals surface area contributed by atoms with Gasteiger partial charge in [0.15, 0.2) is 0 Å². The molecule has 0 fully saturated rings. The van der Waals surface area contributed by atoms with Crippen LogP contribution < -0.4 is 5.32 Å². The third-order valence-electron chi connectivity index (χ3n) is 2.98. The zero-order chi connectivity index (χ0) is 14.3. The second-order valence-electron chi connectivity index (χ2n) is 5.03. The van der Waals surface area contributed by atoms with E-state index in [0.717, 1.165) is 4.90 Å². The molecule has 0 saturated heterocycles. The maximum Gasteiger partial charge on any atom is 0.230 e. The zero-order valence-corrected chi connectivity index (χ0v) is 12.7. The molecule has 0 aliphatic carbocycles. The Bertz CT molecular complexity index is 390. The number of amides is 1. The van der Waals surface area contributed by atoms with Crippen LogP contribution in [0.2, 0.25) is 0 Å². The molecule has 0 spiro atoms. The normalized spacial score (nSPS) is 12.5. The number of nitrogens with one attached hydrogen (secondary N) is 1. The monoisotopic (exact) mass is 281 g/mol. The lowest BCUT2D eigenvalue weighted by atomic mass is 10.0. The van der Waals surface area contributed by atoms with E-state index < -0.39 is 0 Å². The Labute approximate surface area is 119 Å². The molecule has 0 radical (unpaired) electrons. The molecule has 1 aromatic rings. The molecule has 19 heavy (non-hydrogen) atoms. The third kappa shape index (κ3) is 6.12. The Morgan fingerprint density at radius 2 is 1.95 bits per heavy atom. The molecule has 4 heteroatoms. The van der Waals surface area contributed by atoms with Gasteiger partial charge in [0, 0.05) is 17.5 Å². The summed E-state index contributed by atoms with van der Waals surface area (Å²) in [5, 5.41) is 12.0. The summed E-state index contributed by atoms with van der Waals surface area (Å²) in [6.07, 6.45) is 0.610. The summed E-state index contributed by atoms with van der Waals surface area (Å²) in [5.41, 5.74) is 1.22. The van der Waals surface area contributed by atoms with E-state index >= 15 is 0 Å². The van der Waals surface area contributed by atoms with Crippen LogP contribution in [0.3, 0.4) is 0 Å². The summed E-state index contributed by atoms with van der Waals surface area (Å²) in [6.45, 7) is 6.25. The van der Waals surface area contributed by atoms with Gasteiger partial charge in [-0.2, -0.15) is 0 Å². The molecule has 106 valence electrons. The van der Waals surface area contributed by atoms with Gasteiger partial charge in [0.05, 0.1) is 5.75 Å². The first-order valence-corrected chi connectivity index (χ1v) is 7.61. The highest BCUT2D eigenvalue weighted by Crippen LogP contribution is 2.18. The number of aryl methyl sites for hydroxylation is 1. The van der Waals surface area contributed by atoms with Crippen LogP contribution in [0.1, 0.15) is 25.8 Å². The lowest BCUT2D eigenvalue weighted by Crippen LogP contribution is -2.40. The van der Waals surface area contributed by atoms with Crippen LogP contribution in [0.15, 0.2) is 29.2 Å². The standard InChI is InChI=1S/C15H23NO2S/c1-11(2)14(8-9-17)16-15(18)10-19-13-6-4-12(3)5-7-13/h4-7,11,14,17H,8-10H2,1-3H3,(H,16,18).